The van der Waals surface area contributed by atoms with Crippen molar-refractivity contribution in [1.29, 1.82) is 0 Å². The van der Waals surface area contributed by atoms with E-state index in [1.54, 1.807) is 0 Å². The van der Waals surface area contributed by atoms with Gasteiger partial charge in [-0.25, -0.2) is 4.99 Å². The lowest BCUT2D eigenvalue weighted by Gasteiger charge is -2.36. The van der Waals surface area contributed by atoms with Gasteiger partial charge in [-0.05, 0) is 6.42 Å². The maximum Gasteiger partial charge on any atom is 0.210 e. The highest BCUT2D eigenvalue weighted by atomic mass is 16.5. The zero-order chi connectivity index (χ0) is 11.0. The smallest absolute Gasteiger partial charge is 0.210 e. The first-order chi connectivity index (χ1) is 7.17. The van der Waals surface area contributed by atoms with Gasteiger partial charge in [-0.3, -0.25) is 0 Å². The van der Waals surface area contributed by atoms with Gasteiger partial charge < -0.3 is 25.2 Å². The number of nitrogens with zero attached hydrogens (tertiary/aromatic N) is 1. The molecule has 5 atom stereocenters. The Bertz CT molecular complexity index is 269. The Morgan fingerprint density at radius 2 is 2.00 bits per heavy atom. The molecule has 2 rings (SSSR count). The quantitative estimate of drug-likeness (QED) is 0.423. The van der Waals surface area contributed by atoms with Crippen LogP contribution in [0.25, 0.3) is 0 Å². The third-order valence-electron chi connectivity index (χ3n) is 3.05. The highest BCUT2D eigenvalue weighted by molar-refractivity contribution is 5.79. The molecule has 6 nitrogen and oxygen atoms in total. The molecule has 1 fully saturated rings. The van der Waals surface area contributed by atoms with Crippen molar-refractivity contribution in [3.8, 4) is 0 Å². The van der Waals surface area contributed by atoms with Crippen LogP contribution in [-0.4, -0.2) is 63.9 Å². The van der Waals surface area contributed by atoms with Gasteiger partial charge in [-0.2, -0.15) is 0 Å². The Kier molecular flexibility index (Phi) is 2.92. The maximum absolute atomic E-state index is 9.73. The second-order valence-corrected chi connectivity index (χ2v) is 3.99. The highest BCUT2D eigenvalue weighted by Gasteiger charge is 2.47. The van der Waals surface area contributed by atoms with Crippen molar-refractivity contribution in [2.75, 3.05) is 13.2 Å². The zero-order valence-electron chi connectivity index (χ0n) is 8.15. The van der Waals surface area contributed by atoms with Gasteiger partial charge in [0, 0.05) is 12.5 Å². The molecule has 1 heterocycles. The van der Waals surface area contributed by atoms with Crippen LogP contribution in [0.4, 0.5) is 0 Å². The standard InChI is InChI=1S/C9H15NO5/c11-2-4-1-5-7(9(14)8(4)13)10-6(3-12)15-5/h4-5,7-9,11-14H,1-3H2/t4-,5-,7-,8-,9-/m1/s1. The van der Waals surface area contributed by atoms with Crippen LogP contribution < -0.4 is 0 Å². The lowest BCUT2D eigenvalue weighted by molar-refractivity contribution is -0.0949. The van der Waals surface area contributed by atoms with Gasteiger partial charge in [0.2, 0.25) is 5.90 Å². The summed E-state index contributed by atoms with van der Waals surface area (Å²) in [6.45, 7) is -0.501. The molecular weight excluding hydrogens is 202 g/mol. The normalized spacial score (nSPS) is 44.5. The first-order valence-corrected chi connectivity index (χ1v) is 4.98. The van der Waals surface area contributed by atoms with E-state index in [4.69, 9.17) is 14.9 Å². The summed E-state index contributed by atoms with van der Waals surface area (Å²) in [4.78, 5) is 3.98. The maximum atomic E-state index is 9.73. The predicted molar refractivity (Wildman–Crippen MR) is 50.4 cm³/mol. The van der Waals surface area contributed by atoms with Crippen molar-refractivity contribution >= 4 is 5.90 Å². The Hall–Kier alpha value is -0.690. The first kappa shape index (κ1) is 10.8. The topological polar surface area (TPSA) is 103 Å². The van der Waals surface area contributed by atoms with Gasteiger partial charge in [0.15, 0.2) is 0 Å². The van der Waals surface area contributed by atoms with Crippen molar-refractivity contribution in [2.24, 2.45) is 10.9 Å². The minimum Gasteiger partial charge on any atom is -0.474 e. The Morgan fingerprint density at radius 1 is 1.27 bits per heavy atom. The average molecular weight is 217 g/mol. The molecule has 0 amide bonds. The molecule has 0 saturated heterocycles. The molecule has 0 aromatic rings. The Balaban J connectivity index is 2.12. The molecule has 4 N–H and O–H groups in total. The lowest BCUT2D eigenvalue weighted by Crippen LogP contribution is -2.52. The fourth-order valence-corrected chi connectivity index (χ4v) is 2.19. The molecule has 0 aromatic carbocycles. The van der Waals surface area contributed by atoms with Gasteiger partial charge >= 0.3 is 0 Å². The molecule has 86 valence electrons. The van der Waals surface area contributed by atoms with E-state index >= 15 is 0 Å². The van der Waals surface area contributed by atoms with E-state index in [1.807, 2.05) is 0 Å². The summed E-state index contributed by atoms with van der Waals surface area (Å²) < 4.78 is 5.28. The molecule has 0 aromatic heterocycles. The van der Waals surface area contributed by atoms with Gasteiger partial charge in [0.25, 0.3) is 0 Å². The summed E-state index contributed by atoms with van der Waals surface area (Å²) >= 11 is 0. The summed E-state index contributed by atoms with van der Waals surface area (Å²) in [5.74, 6) is -0.204. The van der Waals surface area contributed by atoms with E-state index < -0.39 is 24.2 Å². The number of hydrogen-bond acceptors (Lipinski definition) is 6. The molecule has 0 radical (unpaired) electrons. The number of ether oxygens (including phenoxy) is 1. The minimum absolute atomic E-state index is 0.190. The van der Waals surface area contributed by atoms with Crippen LogP contribution in [0.3, 0.4) is 0 Å². The number of fused-ring (bicyclic) bond motifs is 1. The number of hydrogen-bond donors (Lipinski definition) is 4. The zero-order valence-corrected chi connectivity index (χ0v) is 8.15. The van der Waals surface area contributed by atoms with E-state index in [1.165, 1.54) is 0 Å². The highest BCUT2D eigenvalue weighted by Crippen LogP contribution is 2.32. The molecule has 0 unspecified atom stereocenters. The van der Waals surface area contributed by atoms with Gasteiger partial charge in [0.05, 0.1) is 6.10 Å². The van der Waals surface area contributed by atoms with Crippen LogP contribution in [0.15, 0.2) is 4.99 Å². The molecule has 2 aliphatic rings. The van der Waals surface area contributed by atoms with E-state index in [0.29, 0.717) is 6.42 Å². The van der Waals surface area contributed by atoms with Crippen LogP contribution in [0.1, 0.15) is 6.42 Å². The molecule has 6 heteroatoms. The molecular formula is C9H15NO5. The largest absolute Gasteiger partial charge is 0.474 e. The average Bonchev–Trinajstić information content (AvgIpc) is 2.66. The lowest BCUT2D eigenvalue weighted by atomic mass is 9.80. The third kappa shape index (κ3) is 1.74. The SMILES string of the molecule is OCC1=N[C@H]2[C@@H](O)[C@H](O)[C@@H](CO)C[C@H]2O1. The van der Waals surface area contributed by atoms with Crippen LogP contribution in [-0.2, 0) is 4.74 Å². The second kappa shape index (κ2) is 4.05. The number of rotatable bonds is 2. The number of aliphatic imine (C=N–C) groups is 1. The number of aliphatic hydroxyl groups is 4. The fraction of sp³-hybridized carbons (Fsp3) is 0.889. The van der Waals surface area contributed by atoms with Crippen LogP contribution in [0.5, 0.6) is 0 Å². The van der Waals surface area contributed by atoms with Crippen molar-refractivity contribution in [2.45, 2.75) is 30.8 Å². The third-order valence-corrected chi connectivity index (χ3v) is 3.05. The molecule has 0 spiro atoms. The summed E-state index contributed by atoms with van der Waals surface area (Å²) in [7, 11) is 0. The fourth-order valence-electron chi connectivity index (χ4n) is 2.19. The number of aliphatic hydroxyl groups excluding tert-OH is 4. The van der Waals surface area contributed by atoms with Crippen molar-refractivity contribution < 1.29 is 25.2 Å². The van der Waals surface area contributed by atoms with Gasteiger partial charge in [0.1, 0.15) is 24.9 Å². The van der Waals surface area contributed by atoms with Crippen LogP contribution >= 0.6 is 0 Å². The van der Waals surface area contributed by atoms with E-state index in [9.17, 15) is 10.2 Å². The summed E-state index contributed by atoms with van der Waals surface area (Å²) in [5, 5.41) is 37.2. The summed E-state index contributed by atoms with van der Waals surface area (Å²) in [6, 6.07) is -0.523. The first-order valence-electron chi connectivity index (χ1n) is 4.98. The molecule has 0 bridgehead atoms. The van der Waals surface area contributed by atoms with Gasteiger partial charge in [-0.1, -0.05) is 0 Å². The molecule has 15 heavy (non-hydrogen) atoms. The van der Waals surface area contributed by atoms with Crippen LogP contribution in [0.2, 0.25) is 0 Å². The van der Waals surface area contributed by atoms with E-state index in [0.717, 1.165) is 0 Å². The minimum atomic E-state index is -1.04. The molecule has 1 aliphatic carbocycles. The summed E-state index contributed by atoms with van der Waals surface area (Å²) in [6.07, 6.45) is -1.93. The van der Waals surface area contributed by atoms with Crippen LogP contribution in [0, 0.1) is 5.92 Å². The van der Waals surface area contributed by atoms with E-state index in [2.05, 4.69) is 4.99 Å². The van der Waals surface area contributed by atoms with Crippen molar-refractivity contribution in [1.82, 2.24) is 0 Å². The summed E-state index contributed by atoms with van der Waals surface area (Å²) in [5.41, 5.74) is 0. The predicted octanol–water partition coefficient (Wildman–Crippen LogP) is -2.12. The van der Waals surface area contributed by atoms with Crippen molar-refractivity contribution in [3.05, 3.63) is 0 Å². The molecule has 1 saturated carbocycles. The van der Waals surface area contributed by atoms with Crippen molar-refractivity contribution in [3.63, 3.8) is 0 Å². The second-order valence-electron chi connectivity index (χ2n) is 3.99. The Morgan fingerprint density at radius 3 is 2.60 bits per heavy atom. The monoisotopic (exact) mass is 217 g/mol. The Labute approximate surface area is 86.8 Å². The van der Waals surface area contributed by atoms with Gasteiger partial charge in [-0.15, -0.1) is 0 Å². The van der Waals surface area contributed by atoms with E-state index in [-0.39, 0.29) is 25.2 Å². The molecule has 1 aliphatic heterocycles.